The minimum atomic E-state index is -0.227. The van der Waals surface area contributed by atoms with Crippen LogP contribution in [0.4, 0.5) is 0 Å². The summed E-state index contributed by atoms with van der Waals surface area (Å²) in [4.78, 5) is 12.7. The topological polar surface area (TPSA) is 50.4 Å². The van der Waals surface area contributed by atoms with E-state index in [-0.39, 0.29) is 11.9 Å². The highest BCUT2D eigenvalue weighted by atomic mass is 35.5. The fraction of sp³-hybridized carbons (Fsp3) is 0.278. The second kappa shape index (κ2) is 7.88. The number of para-hydroxylation sites is 1. The second-order valence-corrected chi connectivity index (χ2v) is 6.46. The van der Waals surface area contributed by atoms with Crippen molar-refractivity contribution in [2.75, 3.05) is 13.1 Å². The minimum Gasteiger partial charge on any atom is -0.455 e. The van der Waals surface area contributed by atoms with E-state index in [0.717, 1.165) is 25.9 Å². The van der Waals surface area contributed by atoms with Crippen molar-refractivity contribution >= 4 is 29.1 Å². The maximum absolute atomic E-state index is 12.7. The number of piperidine rings is 1. The standard InChI is InChI=1S/C18H18Cl2N2O2/c19-13-4-1-2-6-15(13)24-16-7-3-5-14(20)17(16)18(23)22-12-8-10-21-11-9-12/h1-7,12,21H,8-11H2,(H,22,23). The quantitative estimate of drug-likeness (QED) is 0.851. The molecular weight excluding hydrogens is 347 g/mol. The van der Waals surface area contributed by atoms with Crippen molar-refractivity contribution < 1.29 is 9.53 Å². The van der Waals surface area contributed by atoms with Gasteiger partial charge in [0, 0.05) is 6.04 Å². The predicted octanol–water partition coefficient (Wildman–Crippen LogP) is 4.27. The van der Waals surface area contributed by atoms with Crippen molar-refractivity contribution in [3.05, 3.63) is 58.1 Å². The number of ether oxygens (including phenoxy) is 1. The van der Waals surface area contributed by atoms with Crippen LogP contribution in [0.3, 0.4) is 0 Å². The fourth-order valence-corrected chi connectivity index (χ4v) is 3.11. The number of rotatable bonds is 4. The van der Waals surface area contributed by atoms with Crippen molar-refractivity contribution in [1.29, 1.82) is 0 Å². The van der Waals surface area contributed by atoms with Gasteiger partial charge in [-0.05, 0) is 50.2 Å². The summed E-state index contributed by atoms with van der Waals surface area (Å²) in [5.41, 5.74) is 0.331. The van der Waals surface area contributed by atoms with Gasteiger partial charge in [0.1, 0.15) is 17.1 Å². The summed E-state index contributed by atoms with van der Waals surface area (Å²) in [6.45, 7) is 1.80. The molecule has 0 atom stereocenters. The molecule has 3 rings (SSSR count). The lowest BCUT2D eigenvalue weighted by atomic mass is 10.1. The van der Waals surface area contributed by atoms with E-state index in [9.17, 15) is 4.79 Å². The average Bonchev–Trinajstić information content (AvgIpc) is 2.58. The molecule has 2 aromatic rings. The molecule has 0 spiro atoms. The third-order valence-electron chi connectivity index (χ3n) is 3.93. The summed E-state index contributed by atoms with van der Waals surface area (Å²) in [5, 5.41) is 7.14. The Morgan fingerprint density at radius 3 is 2.42 bits per heavy atom. The first-order valence-electron chi connectivity index (χ1n) is 7.87. The molecule has 1 aliphatic heterocycles. The Kier molecular flexibility index (Phi) is 5.61. The molecule has 1 heterocycles. The highest BCUT2D eigenvalue weighted by Gasteiger charge is 2.22. The van der Waals surface area contributed by atoms with Crippen LogP contribution >= 0.6 is 23.2 Å². The van der Waals surface area contributed by atoms with Crippen LogP contribution in [0.2, 0.25) is 10.0 Å². The highest BCUT2D eigenvalue weighted by Crippen LogP contribution is 2.34. The molecule has 2 aromatic carbocycles. The van der Waals surface area contributed by atoms with Crippen molar-refractivity contribution in [2.24, 2.45) is 0 Å². The van der Waals surface area contributed by atoms with E-state index in [4.69, 9.17) is 27.9 Å². The number of amides is 1. The van der Waals surface area contributed by atoms with Gasteiger partial charge in [0.05, 0.1) is 10.0 Å². The molecule has 1 amide bonds. The van der Waals surface area contributed by atoms with Crippen LogP contribution in [0.5, 0.6) is 11.5 Å². The SMILES string of the molecule is O=C(NC1CCNCC1)c1c(Cl)cccc1Oc1ccccc1Cl. The van der Waals surface area contributed by atoms with Crippen molar-refractivity contribution in [1.82, 2.24) is 10.6 Å². The zero-order valence-corrected chi connectivity index (χ0v) is 14.5. The Morgan fingerprint density at radius 1 is 1.00 bits per heavy atom. The number of benzene rings is 2. The Hall–Kier alpha value is -1.75. The molecule has 24 heavy (non-hydrogen) atoms. The van der Waals surface area contributed by atoms with Crippen molar-refractivity contribution in [3.63, 3.8) is 0 Å². The zero-order valence-electron chi connectivity index (χ0n) is 13.0. The summed E-state index contributed by atoms with van der Waals surface area (Å²) in [6.07, 6.45) is 1.80. The molecule has 0 unspecified atom stereocenters. The van der Waals surface area contributed by atoms with Gasteiger partial charge in [-0.15, -0.1) is 0 Å². The number of hydrogen-bond donors (Lipinski definition) is 2. The Morgan fingerprint density at radius 2 is 1.67 bits per heavy atom. The van der Waals surface area contributed by atoms with E-state index in [1.165, 1.54) is 0 Å². The number of hydrogen-bond acceptors (Lipinski definition) is 3. The maximum atomic E-state index is 12.7. The molecule has 2 N–H and O–H groups in total. The van der Waals surface area contributed by atoms with E-state index in [2.05, 4.69) is 10.6 Å². The summed E-state index contributed by atoms with van der Waals surface area (Å²) < 4.78 is 5.84. The normalized spacial score (nSPS) is 15.1. The molecule has 6 heteroatoms. The van der Waals surface area contributed by atoms with Gasteiger partial charge >= 0.3 is 0 Å². The lowest BCUT2D eigenvalue weighted by Gasteiger charge is -2.24. The molecule has 0 bridgehead atoms. The van der Waals surface area contributed by atoms with Crippen molar-refractivity contribution in [3.8, 4) is 11.5 Å². The number of halogens is 2. The van der Waals surface area contributed by atoms with Crippen LogP contribution in [0, 0.1) is 0 Å². The molecule has 0 aliphatic carbocycles. The highest BCUT2D eigenvalue weighted by molar-refractivity contribution is 6.34. The lowest BCUT2D eigenvalue weighted by molar-refractivity contribution is 0.0927. The number of nitrogens with one attached hydrogen (secondary N) is 2. The number of carbonyl (C=O) groups is 1. The van der Waals surface area contributed by atoms with E-state index in [1.54, 1.807) is 30.3 Å². The molecule has 126 valence electrons. The maximum Gasteiger partial charge on any atom is 0.256 e. The zero-order chi connectivity index (χ0) is 16.9. The van der Waals surface area contributed by atoms with E-state index >= 15 is 0 Å². The fourth-order valence-electron chi connectivity index (χ4n) is 2.68. The molecule has 0 aromatic heterocycles. The van der Waals surface area contributed by atoms with E-state index in [0.29, 0.717) is 27.1 Å². The minimum absolute atomic E-state index is 0.142. The van der Waals surface area contributed by atoms with Gasteiger partial charge in [-0.3, -0.25) is 4.79 Å². The van der Waals surface area contributed by atoms with Crippen LogP contribution < -0.4 is 15.4 Å². The van der Waals surface area contributed by atoms with Crippen molar-refractivity contribution in [2.45, 2.75) is 18.9 Å². The Labute approximate surface area is 151 Å². The van der Waals surface area contributed by atoms with Crippen LogP contribution in [0.1, 0.15) is 23.2 Å². The monoisotopic (exact) mass is 364 g/mol. The molecule has 0 saturated carbocycles. The average molecular weight is 365 g/mol. The predicted molar refractivity (Wildman–Crippen MR) is 96.3 cm³/mol. The Bertz CT molecular complexity index is 731. The smallest absolute Gasteiger partial charge is 0.256 e. The lowest BCUT2D eigenvalue weighted by Crippen LogP contribution is -2.42. The van der Waals surface area contributed by atoms with Crippen LogP contribution in [-0.4, -0.2) is 25.0 Å². The van der Waals surface area contributed by atoms with Crippen LogP contribution in [-0.2, 0) is 0 Å². The first-order valence-corrected chi connectivity index (χ1v) is 8.63. The van der Waals surface area contributed by atoms with Gasteiger partial charge in [0.25, 0.3) is 5.91 Å². The van der Waals surface area contributed by atoms with Crippen LogP contribution in [0.15, 0.2) is 42.5 Å². The molecular formula is C18H18Cl2N2O2. The largest absolute Gasteiger partial charge is 0.455 e. The molecule has 1 aliphatic rings. The van der Waals surface area contributed by atoms with E-state index in [1.807, 2.05) is 12.1 Å². The first-order chi connectivity index (χ1) is 11.6. The molecule has 1 saturated heterocycles. The van der Waals surface area contributed by atoms with E-state index < -0.39 is 0 Å². The summed E-state index contributed by atoms with van der Waals surface area (Å²) in [6, 6.07) is 12.4. The third kappa shape index (κ3) is 4.01. The number of carbonyl (C=O) groups excluding carboxylic acids is 1. The summed E-state index contributed by atoms with van der Waals surface area (Å²) >= 11 is 12.4. The first kappa shape index (κ1) is 17.1. The molecule has 1 fully saturated rings. The molecule has 4 nitrogen and oxygen atoms in total. The van der Waals surface area contributed by atoms with Gasteiger partial charge < -0.3 is 15.4 Å². The summed E-state index contributed by atoms with van der Waals surface area (Å²) in [7, 11) is 0. The third-order valence-corrected chi connectivity index (χ3v) is 4.56. The summed E-state index contributed by atoms with van der Waals surface area (Å²) in [5.74, 6) is 0.647. The van der Waals surface area contributed by atoms with Crippen LogP contribution in [0.25, 0.3) is 0 Å². The van der Waals surface area contributed by atoms with Gasteiger partial charge in [0.15, 0.2) is 0 Å². The molecule has 0 radical (unpaired) electrons. The van der Waals surface area contributed by atoms with Gasteiger partial charge in [0.2, 0.25) is 0 Å². The second-order valence-electron chi connectivity index (χ2n) is 5.64. The van der Waals surface area contributed by atoms with Gasteiger partial charge in [-0.1, -0.05) is 41.4 Å². The Balaban J connectivity index is 1.84. The van der Waals surface area contributed by atoms with Gasteiger partial charge in [-0.2, -0.15) is 0 Å². The van der Waals surface area contributed by atoms with Gasteiger partial charge in [-0.25, -0.2) is 0 Å².